The van der Waals surface area contributed by atoms with Gasteiger partial charge in [-0.05, 0) is 42.0 Å². The van der Waals surface area contributed by atoms with Crippen LogP contribution in [0.2, 0.25) is 0 Å². The smallest absolute Gasteiger partial charge is 0.240 e. The van der Waals surface area contributed by atoms with Crippen LogP contribution in [0.4, 0.5) is 8.78 Å². The van der Waals surface area contributed by atoms with Crippen LogP contribution in [0, 0.1) is 11.6 Å². The molecular weight excluding hydrogens is 366 g/mol. The molecule has 6 nitrogen and oxygen atoms in total. The molecule has 146 valence electrons. The molecule has 3 aromatic rings. The number of benzene rings is 2. The van der Waals surface area contributed by atoms with E-state index >= 15 is 0 Å². The maximum Gasteiger partial charge on any atom is 0.240 e. The topological polar surface area (TPSA) is 63.4 Å². The lowest BCUT2D eigenvalue weighted by molar-refractivity contribution is 0.135. The lowest BCUT2D eigenvalue weighted by Gasteiger charge is -2.35. The molecule has 8 heteroatoms. The van der Waals surface area contributed by atoms with E-state index in [-0.39, 0.29) is 24.3 Å². The molecule has 1 atom stereocenters. The molecule has 1 fully saturated rings. The second-order valence-corrected chi connectivity index (χ2v) is 6.59. The van der Waals surface area contributed by atoms with Gasteiger partial charge in [0.25, 0.3) is 0 Å². The van der Waals surface area contributed by atoms with Crippen LogP contribution in [0.3, 0.4) is 0 Å². The molecule has 1 aromatic heterocycles. The Balaban J connectivity index is 1.39. The van der Waals surface area contributed by atoms with Gasteiger partial charge in [-0.25, -0.2) is 8.78 Å². The molecular formula is C20H20F2N4O2. The summed E-state index contributed by atoms with van der Waals surface area (Å²) >= 11 is 0. The van der Waals surface area contributed by atoms with Gasteiger partial charge < -0.3 is 14.6 Å². The van der Waals surface area contributed by atoms with E-state index in [1.54, 1.807) is 24.3 Å². The van der Waals surface area contributed by atoms with E-state index in [0.717, 1.165) is 25.2 Å². The van der Waals surface area contributed by atoms with Crippen LogP contribution in [0.15, 0.2) is 53.1 Å². The number of piperazine rings is 1. The Bertz CT molecular complexity index is 917. The van der Waals surface area contributed by atoms with Gasteiger partial charge in [-0.2, -0.15) is 4.98 Å². The van der Waals surface area contributed by atoms with Crippen molar-refractivity contribution in [3.8, 4) is 5.75 Å². The van der Waals surface area contributed by atoms with Crippen LogP contribution in [-0.2, 0) is 13.2 Å². The summed E-state index contributed by atoms with van der Waals surface area (Å²) in [5.41, 5.74) is 0.909. The molecule has 28 heavy (non-hydrogen) atoms. The Labute approximate surface area is 161 Å². The third-order valence-corrected chi connectivity index (χ3v) is 4.62. The van der Waals surface area contributed by atoms with Gasteiger partial charge in [0, 0.05) is 25.7 Å². The minimum absolute atomic E-state index is 0.0234. The second-order valence-electron chi connectivity index (χ2n) is 6.59. The van der Waals surface area contributed by atoms with E-state index in [4.69, 9.17) is 9.26 Å². The molecule has 1 unspecified atom stereocenters. The summed E-state index contributed by atoms with van der Waals surface area (Å²) in [6, 6.07) is 12.4. The zero-order chi connectivity index (χ0) is 19.3. The third-order valence-electron chi connectivity index (χ3n) is 4.62. The molecule has 0 spiro atoms. The third kappa shape index (κ3) is 4.52. The fourth-order valence-electron chi connectivity index (χ4n) is 3.24. The highest BCUT2D eigenvalue weighted by atomic mass is 19.1. The first-order valence-electron chi connectivity index (χ1n) is 9.07. The largest absolute Gasteiger partial charge is 0.485 e. The molecule has 0 saturated carbocycles. The molecule has 2 aromatic carbocycles. The number of nitrogens with zero attached hydrogens (tertiary/aromatic N) is 3. The highest BCUT2D eigenvalue weighted by molar-refractivity contribution is 5.22. The Hall–Kier alpha value is -2.84. The zero-order valence-corrected chi connectivity index (χ0v) is 15.1. The summed E-state index contributed by atoms with van der Waals surface area (Å²) in [4.78, 5) is 6.55. The number of rotatable bonds is 6. The van der Waals surface area contributed by atoms with Crippen molar-refractivity contribution in [3.05, 3.63) is 77.4 Å². The summed E-state index contributed by atoms with van der Waals surface area (Å²) in [6.45, 7) is 2.93. The Morgan fingerprint density at radius 3 is 2.82 bits per heavy atom. The summed E-state index contributed by atoms with van der Waals surface area (Å²) in [5.74, 6) is 0.845. The van der Waals surface area contributed by atoms with E-state index in [0.29, 0.717) is 24.0 Å². The first-order chi connectivity index (χ1) is 13.7. The van der Waals surface area contributed by atoms with Crippen molar-refractivity contribution in [2.24, 2.45) is 0 Å². The molecule has 4 rings (SSSR count). The standard InChI is InChI=1S/C20H20F2N4O2/c21-15-4-6-17(7-5-15)27-13-19-24-20(28-25-19)12-26-9-8-23-11-18(26)14-2-1-3-16(22)10-14/h1-7,10,18,23H,8-9,11-13H2. The number of hydrogen-bond acceptors (Lipinski definition) is 6. The van der Waals surface area contributed by atoms with Crippen LogP contribution < -0.4 is 10.1 Å². The maximum absolute atomic E-state index is 13.6. The summed E-state index contributed by atoms with van der Waals surface area (Å²) in [7, 11) is 0. The van der Waals surface area contributed by atoms with Crippen molar-refractivity contribution >= 4 is 0 Å². The highest BCUT2D eigenvalue weighted by Crippen LogP contribution is 2.24. The van der Waals surface area contributed by atoms with E-state index in [1.807, 2.05) is 6.07 Å². The van der Waals surface area contributed by atoms with E-state index in [9.17, 15) is 8.78 Å². The molecule has 2 heterocycles. The summed E-state index contributed by atoms with van der Waals surface area (Å²) in [6.07, 6.45) is 0. The SMILES string of the molecule is Fc1ccc(OCc2noc(CN3CCNCC3c3cccc(F)c3)n2)cc1. The fourth-order valence-corrected chi connectivity index (χ4v) is 3.24. The lowest BCUT2D eigenvalue weighted by Crippen LogP contribution is -2.45. The van der Waals surface area contributed by atoms with Crippen LogP contribution in [0.5, 0.6) is 5.75 Å². The van der Waals surface area contributed by atoms with E-state index < -0.39 is 0 Å². The van der Waals surface area contributed by atoms with Crippen LogP contribution in [0.25, 0.3) is 0 Å². The number of halogens is 2. The monoisotopic (exact) mass is 386 g/mol. The number of aromatic nitrogens is 2. The highest BCUT2D eigenvalue weighted by Gasteiger charge is 2.26. The van der Waals surface area contributed by atoms with Crippen molar-refractivity contribution in [2.75, 3.05) is 19.6 Å². The minimum atomic E-state index is -0.321. The van der Waals surface area contributed by atoms with Gasteiger partial charge in [-0.15, -0.1) is 0 Å². The molecule has 0 amide bonds. The van der Waals surface area contributed by atoms with Crippen molar-refractivity contribution in [2.45, 2.75) is 19.2 Å². The molecule has 1 N–H and O–H groups in total. The predicted molar refractivity (Wildman–Crippen MR) is 97.5 cm³/mol. The fraction of sp³-hybridized carbons (Fsp3) is 0.300. The lowest BCUT2D eigenvalue weighted by atomic mass is 10.0. The van der Waals surface area contributed by atoms with Crippen LogP contribution >= 0.6 is 0 Å². The molecule has 1 aliphatic heterocycles. The number of ether oxygens (including phenoxy) is 1. The Kier molecular flexibility index (Phi) is 5.59. The van der Waals surface area contributed by atoms with Crippen LogP contribution in [0.1, 0.15) is 23.3 Å². The minimum Gasteiger partial charge on any atom is -0.485 e. The van der Waals surface area contributed by atoms with Gasteiger partial charge in [0.05, 0.1) is 6.54 Å². The van der Waals surface area contributed by atoms with Crippen LogP contribution in [-0.4, -0.2) is 34.7 Å². The molecule has 1 saturated heterocycles. The van der Waals surface area contributed by atoms with Gasteiger partial charge in [-0.1, -0.05) is 17.3 Å². The molecule has 0 aliphatic carbocycles. The van der Waals surface area contributed by atoms with Gasteiger partial charge >= 0.3 is 0 Å². The van der Waals surface area contributed by atoms with Crippen molar-refractivity contribution in [1.82, 2.24) is 20.4 Å². The maximum atomic E-state index is 13.6. The average molecular weight is 386 g/mol. The predicted octanol–water partition coefficient (Wildman–Crippen LogP) is 3.07. The van der Waals surface area contributed by atoms with Gasteiger partial charge in [0.1, 0.15) is 17.4 Å². The number of nitrogens with one attached hydrogen (secondary N) is 1. The first-order valence-corrected chi connectivity index (χ1v) is 9.07. The number of hydrogen-bond donors (Lipinski definition) is 1. The van der Waals surface area contributed by atoms with Gasteiger partial charge in [-0.3, -0.25) is 4.90 Å². The molecule has 0 bridgehead atoms. The zero-order valence-electron chi connectivity index (χ0n) is 15.1. The average Bonchev–Trinajstić information content (AvgIpc) is 3.15. The molecule has 0 radical (unpaired) electrons. The van der Waals surface area contributed by atoms with Crippen molar-refractivity contribution < 1.29 is 18.0 Å². The van der Waals surface area contributed by atoms with Crippen molar-refractivity contribution in [3.63, 3.8) is 0 Å². The molecule has 1 aliphatic rings. The quantitative estimate of drug-likeness (QED) is 0.703. The van der Waals surface area contributed by atoms with E-state index in [1.165, 1.54) is 18.2 Å². The first kappa shape index (κ1) is 18.5. The van der Waals surface area contributed by atoms with Gasteiger partial charge in [0.2, 0.25) is 11.7 Å². The van der Waals surface area contributed by atoms with Gasteiger partial charge in [0.15, 0.2) is 6.61 Å². The Morgan fingerprint density at radius 1 is 1.14 bits per heavy atom. The summed E-state index contributed by atoms with van der Waals surface area (Å²) < 4.78 is 37.4. The van der Waals surface area contributed by atoms with E-state index in [2.05, 4.69) is 20.4 Å². The normalized spacial score (nSPS) is 17.6. The Morgan fingerprint density at radius 2 is 2.00 bits per heavy atom. The van der Waals surface area contributed by atoms with Crippen molar-refractivity contribution in [1.29, 1.82) is 0 Å². The summed E-state index contributed by atoms with van der Waals surface area (Å²) in [5, 5.41) is 7.28. The second kappa shape index (κ2) is 8.45.